The van der Waals surface area contributed by atoms with Crippen molar-refractivity contribution in [3.05, 3.63) is 52.3 Å². The molecule has 0 unspecified atom stereocenters. The number of hydrogen-bond donors (Lipinski definition) is 1. The van der Waals surface area contributed by atoms with Crippen molar-refractivity contribution in [3.8, 4) is 11.5 Å². The summed E-state index contributed by atoms with van der Waals surface area (Å²) in [4.78, 5) is 14.9. The van der Waals surface area contributed by atoms with Crippen molar-refractivity contribution in [2.75, 3.05) is 0 Å². The van der Waals surface area contributed by atoms with E-state index in [4.69, 9.17) is 33.0 Å². The summed E-state index contributed by atoms with van der Waals surface area (Å²) in [7, 11) is 0. The van der Waals surface area contributed by atoms with Crippen molar-refractivity contribution < 1.29 is 14.6 Å². The zero-order valence-electron chi connectivity index (χ0n) is 8.93. The number of benzene rings is 1. The Hall–Kier alpha value is -1.78. The first-order valence-corrected chi connectivity index (χ1v) is 5.63. The van der Waals surface area contributed by atoms with Crippen LogP contribution in [0.2, 0.25) is 10.0 Å². The fraction of sp³-hybridized carbons (Fsp3) is 0. The fourth-order valence-electron chi connectivity index (χ4n) is 1.33. The van der Waals surface area contributed by atoms with Crippen molar-refractivity contribution >= 4 is 29.2 Å². The van der Waals surface area contributed by atoms with Crippen LogP contribution in [0.3, 0.4) is 0 Å². The van der Waals surface area contributed by atoms with E-state index in [9.17, 15) is 4.79 Å². The van der Waals surface area contributed by atoms with Gasteiger partial charge in [0.2, 0.25) is 0 Å². The van der Waals surface area contributed by atoms with Gasteiger partial charge in [-0.1, -0.05) is 23.2 Å². The van der Waals surface area contributed by atoms with Crippen molar-refractivity contribution in [1.82, 2.24) is 4.98 Å². The van der Waals surface area contributed by atoms with Gasteiger partial charge in [0.05, 0.1) is 11.2 Å². The molecular weight excluding hydrogens is 277 g/mol. The molecule has 0 spiro atoms. The van der Waals surface area contributed by atoms with Crippen LogP contribution in [0, 0.1) is 0 Å². The zero-order chi connectivity index (χ0) is 13.1. The van der Waals surface area contributed by atoms with Crippen molar-refractivity contribution in [2.24, 2.45) is 0 Å². The number of hydrogen-bond acceptors (Lipinski definition) is 3. The maximum atomic E-state index is 11.1. The Morgan fingerprint density at radius 1 is 1.17 bits per heavy atom. The summed E-state index contributed by atoms with van der Waals surface area (Å²) in [6.07, 6.45) is 2.89. The molecule has 0 atom stereocenters. The van der Waals surface area contributed by atoms with Crippen LogP contribution < -0.4 is 4.74 Å². The standard InChI is InChI=1S/C12H7Cl2NO3/c13-7-1-2-11(10(4-7)12(16)17)18-9-3-8(14)5-15-6-9/h1-6H,(H,16,17). The van der Waals surface area contributed by atoms with E-state index in [1.54, 1.807) is 6.07 Å². The van der Waals surface area contributed by atoms with E-state index in [0.29, 0.717) is 15.8 Å². The Labute approximate surface area is 113 Å². The molecule has 1 N–H and O–H groups in total. The van der Waals surface area contributed by atoms with E-state index in [1.165, 1.54) is 30.6 Å². The summed E-state index contributed by atoms with van der Waals surface area (Å²) in [5.74, 6) is -0.592. The lowest BCUT2D eigenvalue weighted by atomic mass is 10.2. The quantitative estimate of drug-likeness (QED) is 0.929. The maximum Gasteiger partial charge on any atom is 0.339 e. The summed E-state index contributed by atoms with van der Waals surface area (Å²) >= 11 is 11.5. The van der Waals surface area contributed by atoms with Crippen LogP contribution in [0.15, 0.2) is 36.7 Å². The summed E-state index contributed by atoms with van der Waals surface area (Å²) in [5, 5.41) is 9.77. The molecule has 0 aliphatic rings. The molecule has 0 bridgehead atoms. The van der Waals surface area contributed by atoms with Crippen molar-refractivity contribution in [1.29, 1.82) is 0 Å². The summed E-state index contributed by atoms with van der Waals surface area (Å²) in [5.41, 5.74) is -0.0255. The van der Waals surface area contributed by atoms with E-state index in [0.717, 1.165) is 0 Å². The molecule has 4 nitrogen and oxygen atoms in total. The summed E-state index contributed by atoms with van der Waals surface area (Å²) < 4.78 is 5.42. The molecule has 1 aromatic heterocycles. The third-order valence-corrected chi connectivity index (χ3v) is 2.52. The average molecular weight is 284 g/mol. The van der Waals surface area contributed by atoms with Gasteiger partial charge in [-0.15, -0.1) is 0 Å². The van der Waals surface area contributed by atoms with E-state index < -0.39 is 5.97 Å². The molecule has 6 heteroatoms. The molecule has 0 aliphatic carbocycles. The lowest BCUT2D eigenvalue weighted by Crippen LogP contribution is -2.00. The number of nitrogens with zero attached hydrogens (tertiary/aromatic N) is 1. The van der Waals surface area contributed by atoms with Gasteiger partial charge < -0.3 is 9.84 Å². The SMILES string of the molecule is O=C(O)c1cc(Cl)ccc1Oc1cncc(Cl)c1. The van der Waals surface area contributed by atoms with Crippen molar-refractivity contribution in [3.63, 3.8) is 0 Å². The molecule has 0 aliphatic heterocycles. The second-order valence-corrected chi connectivity index (χ2v) is 4.26. The van der Waals surface area contributed by atoms with Gasteiger partial charge in [0.15, 0.2) is 0 Å². The fourth-order valence-corrected chi connectivity index (χ4v) is 1.67. The minimum absolute atomic E-state index is 0.0255. The highest BCUT2D eigenvalue weighted by Crippen LogP contribution is 2.28. The highest BCUT2D eigenvalue weighted by Gasteiger charge is 2.13. The first kappa shape index (κ1) is 12.7. The van der Waals surface area contributed by atoms with E-state index >= 15 is 0 Å². The highest BCUT2D eigenvalue weighted by atomic mass is 35.5. The number of aromatic nitrogens is 1. The number of aromatic carboxylic acids is 1. The number of rotatable bonds is 3. The molecule has 18 heavy (non-hydrogen) atoms. The minimum Gasteiger partial charge on any atom is -0.478 e. The number of ether oxygens (including phenoxy) is 1. The highest BCUT2D eigenvalue weighted by molar-refractivity contribution is 6.31. The summed E-state index contributed by atoms with van der Waals surface area (Å²) in [6, 6.07) is 5.87. The van der Waals surface area contributed by atoms with Crippen LogP contribution in [0.1, 0.15) is 10.4 Å². The van der Waals surface area contributed by atoms with Gasteiger partial charge in [-0.2, -0.15) is 0 Å². The first-order chi connectivity index (χ1) is 8.56. The first-order valence-electron chi connectivity index (χ1n) is 4.87. The van der Waals surface area contributed by atoms with E-state index in [1.807, 2.05) is 0 Å². The normalized spacial score (nSPS) is 10.1. The predicted octanol–water partition coefficient (Wildman–Crippen LogP) is 3.88. The zero-order valence-corrected chi connectivity index (χ0v) is 10.4. The lowest BCUT2D eigenvalue weighted by Gasteiger charge is -2.08. The van der Waals surface area contributed by atoms with Gasteiger partial charge in [0.1, 0.15) is 17.1 Å². The smallest absolute Gasteiger partial charge is 0.339 e. The Kier molecular flexibility index (Phi) is 3.69. The van der Waals surface area contributed by atoms with Gasteiger partial charge in [-0.3, -0.25) is 4.98 Å². The molecule has 1 aromatic carbocycles. The second kappa shape index (κ2) is 5.25. The predicted molar refractivity (Wildman–Crippen MR) is 67.7 cm³/mol. The second-order valence-electron chi connectivity index (χ2n) is 3.39. The van der Waals surface area contributed by atoms with Gasteiger partial charge in [0.25, 0.3) is 0 Å². The van der Waals surface area contributed by atoms with E-state index in [-0.39, 0.29) is 11.3 Å². The number of halogens is 2. The van der Waals surface area contributed by atoms with E-state index in [2.05, 4.69) is 4.98 Å². The monoisotopic (exact) mass is 283 g/mol. The molecule has 0 radical (unpaired) electrons. The molecule has 0 saturated heterocycles. The molecule has 2 rings (SSSR count). The largest absolute Gasteiger partial charge is 0.478 e. The minimum atomic E-state index is -1.12. The number of carboxylic acids is 1. The Morgan fingerprint density at radius 3 is 2.61 bits per heavy atom. The number of carboxylic acid groups (broad SMARTS) is 1. The Morgan fingerprint density at radius 2 is 1.94 bits per heavy atom. The molecule has 0 saturated carbocycles. The summed E-state index contributed by atoms with van der Waals surface area (Å²) in [6.45, 7) is 0. The third kappa shape index (κ3) is 2.91. The number of carbonyl (C=O) groups is 1. The van der Waals surface area contributed by atoms with Gasteiger partial charge >= 0.3 is 5.97 Å². The molecular formula is C12H7Cl2NO3. The molecule has 0 amide bonds. The van der Waals surface area contributed by atoms with Crippen LogP contribution in [0.25, 0.3) is 0 Å². The van der Waals surface area contributed by atoms with Crippen LogP contribution in [0.4, 0.5) is 0 Å². The van der Waals surface area contributed by atoms with Crippen molar-refractivity contribution in [2.45, 2.75) is 0 Å². The lowest BCUT2D eigenvalue weighted by molar-refractivity contribution is 0.0694. The molecule has 0 fully saturated rings. The van der Waals surface area contributed by atoms with Gasteiger partial charge in [0, 0.05) is 17.3 Å². The average Bonchev–Trinajstić information content (AvgIpc) is 2.31. The number of pyridine rings is 1. The maximum absolute atomic E-state index is 11.1. The topological polar surface area (TPSA) is 59.4 Å². The molecule has 1 heterocycles. The third-order valence-electron chi connectivity index (χ3n) is 2.08. The van der Waals surface area contributed by atoms with Crippen LogP contribution in [-0.4, -0.2) is 16.1 Å². The van der Waals surface area contributed by atoms with Gasteiger partial charge in [-0.05, 0) is 18.2 Å². The molecule has 92 valence electrons. The Bertz CT molecular complexity index is 602. The Balaban J connectivity index is 2.37. The van der Waals surface area contributed by atoms with Crippen LogP contribution in [-0.2, 0) is 0 Å². The molecule has 2 aromatic rings. The van der Waals surface area contributed by atoms with Crippen LogP contribution >= 0.6 is 23.2 Å². The van der Waals surface area contributed by atoms with Crippen LogP contribution in [0.5, 0.6) is 11.5 Å². The van der Waals surface area contributed by atoms with Gasteiger partial charge in [-0.25, -0.2) is 4.79 Å².